The number of rotatable bonds is 5. The standard InChI is InChI=1S/C21H20FN5O/c22-17-1-3-18(4-2-17)26-19-11-14(6-9-24-19)15-7-10-25-20(12-15)27-21(28)16-5-8-23-13-16/h1-4,6-7,9-12,16,23H,5,8,13H2,(H,24,26)(H,25,27,28). The van der Waals surface area contributed by atoms with E-state index in [0.29, 0.717) is 18.2 Å². The summed E-state index contributed by atoms with van der Waals surface area (Å²) in [6, 6.07) is 13.6. The van der Waals surface area contributed by atoms with Crippen LogP contribution in [0.3, 0.4) is 0 Å². The summed E-state index contributed by atoms with van der Waals surface area (Å²) >= 11 is 0. The lowest BCUT2D eigenvalue weighted by Gasteiger charge is -2.11. The Morgan fingerprint density at radius 3 is 2.36 bits per heavy atom. The van der Waals surface area contributed by atoms with Crippen molar-refractivity contribution in [1.82, 2.24) is 15.3 Å². The van der Waals surface area contributed by atoms with Crippen molar-refractivity contribution in [3.8, 4) is 11.1 Å². The van der Waals surface area contributed by atoms with Gasteiger partial charge in [-0.05, 0) is 72.6 Å². The summed E-state index contributed by atoms with van der Waals surface area (Å²) in [5.74, 6) is 0.857. The molecule has 4 rings (SSSR count). The predicted molar refractivity (Wildman–Crippen MR) is 107 cm³/mol. The van der Waals surface area contributed by atoms with E-state index < -0.39 is 0 Å². The van der Waals surface area contributed by atoms with Crippen LogP contribution in [0.1, 0.15) is 6.42 Å². The Hall–Kier alpha value is -3.32. The van der Waals surface area contributed by atoms with Crippen molar-refractivity contribution in [2.75, 3.05) is 23.7 Å². The molecule has 1 saturated heterocycles. The highest BCUT2D eigenvalue weighted by Crippen LogP contribution is 2.25. The highest BCUT2D eigenvalue weighted by molar-refractivity contribution is 5.92. The van der Waals surface area contributed by atoms with Crippen LogP contribution in [-0.4, -0.2) is 29.0 Å². The first-order chi connectivity index (χ1) is 13.7. The van der Waals surface area contributed by atoms with E-state index in [1.165, 1.54) is 12.1 Å². The minimum atomic E-state index is -0.285. The second-order valence-electron chi connectivity index (χ2n) is 6.67. The minimum absolute atomic E-state index is 0.0111. The molecule has 1 aliphatic rings. The van der Waals surface area contributed by atoms with Gasteiger partial charge >= 0.3 is 0 Å². The molecule has 142 valence electrons. The van der Waals surface area contributed by atoms with Crippen molar-refractivity contribution in [2.45, 2.75) is 6.42 Å². The maximum atomic E-state index is 13.1. The molecule has 3 aromatic rings. The molecule has 0 spiro atoms. The van der Waals surface area contributed by atoms with Crippen LogP contribution in [0.25, 0.3) is 11.1 Å². The second-order valence-corrected chi connectivity index (χ2v) is 6.67. The molecular weight excluding hydrogens is 357 g/mol. The normalized spacial score (nSPS) is 16.0. The number of carbonyl (C=O) groups is 1. The molecule has 1 unspecified atom stereocenters. The van der Waals surface area contributed by atoms with E-state index in [0.717, 1.165) is 29.8 Å². The Labute approximate surface area is 162 Å². The van der Waals surface area contributed by atoms with E-state index in [9.17, 15) is 9.18 Å². The molecule has 3 N–H and O–H groups in total. The zero-order chi connectivity index (χ0) is 19.3. The van der Waals surface area contributed by atoms with E-state index in [-0.39, 0.29) is 17.6 Å². The van der Waals surface area contributed by atoms with Crippen LogP contribution in [-0.2, 0) is 4.79 Å². The average molecular weight is 377 g/mol. The van der Waals surface area contributed by atoms with E-state index in [1.54, 1.807) is 24.5 Å². The summed E-state index contributed by atoms with van der Waals surface area (Å²) in [7, 11) is 0. The molecule has 0 saturated carbocycles. The molecule has 1 aromatic carbocycles. The van der Waals surface area contributed by atoms with Crippen molar-refractivity contribution >= 4 is 23.2 Å². The van der Waals surface area contributed by atoms with Crippen molar-refractivity contribution in [3.63, 3.8) is 0 Å². The van der Waals surface area contributed by atoms with Crippen LogP contribution < -0.4 is 16.0 Å². The molecule has 1 fully saturated rings. The number of nitrogens with one attached hydrogen (secondary N) is 3. The van der Waals surface area contributed by atoms with Crippen LogP contribution >= 0.6 is 0 Å². The van der Waals surface area contributed by atoms with Crippen LogP contribution in [0, 0.1) is 11.7 Å². The molecule has 1 aliphatic heterocycles. The molecule has 1 atom stereocenters. The number of benzene rings is 1. The van der Waals surface area contributed by atoms with Gasteiger partial charge in [0.2, 0.25) is 5.91 Å². The van der Waals surface area contributed by atoms with Crippen molar-refractivity contribution in [3.05, 3.63) is 66.7 Å². The smallest absolute Gasteiger partial charge is 0.229 e. The van der Waals surface area contributed by atoms with Gasteiger partial charge in [-0.1, -0.05) is 0 Å². The number of anilines is 3. The lowest BCUT2D eigenvalue weighted by atomic mass is 10.1. The molecule has 0 radical (unpaired) electrons. The SMILES string of the molecule is O=C(Nc1cc(-c2ccnc(Nc3ccc(F)cc3)c2)ccn1)C1CCNC1. The third kappa shape index (κ3) is 4.32. The van der Waals surface area contributed by atoms with Gasteiger partial charge in [-0.2, -0.15) is 0 Å². The van der Waals surface area contributed by atoms with Gasteiger partial charge in [0.25, 0.3) is 0 Å². The van der Waals surface area contributed by atoms with Crippen molar-refractivity contribution < 1.29 is 9.18 Å². The van der Waals surface area contributed by atoms with E-state index in [4.69, 9.17) is 0 Å². The molecular formula is C21H20FN5O. The van der Waals surface area contributed by atoms with Gasteiger partial charge in [0.15, 0.2) is 0 Å². The quantitative estimate of drug-likeness (QED) is 0.633. The molecule has 0 aliphatic carbocycles. The Morgan fingerprint density at radius 2 is 1.68 bits per heavy atom. The Bertz CT molecular complexity index is 971. The topological polar surface area (TPSA) is 78.9 Å². The molecule has 6 nitrogen and oxygen atoms in total. The summed E-state index contributed by atoms with van der Waals surface area (Å²) in [5, 5.41) is 9.24. The zero-order valence-corrected chi connectivity index (χ0v) is 15.2. The summed E-state index contributed by atoms with van der Waals surface area (Å²) in [4.78, 5) is 20.9. The van der Waals surface area contributed by atoms with E-state index in [1.807, 2.05) is 24.3 Å². The molecule has 1 amide bonds. The van der Waals surface area contributed by atoms with Gasteiger partial charge < -0.3 is 16.0 Å². The van der Waals surface area contributed by atoms with Crippen molar-refractivity contribution in [1.29, 1.82) is 0 Å². The molecule has 3 heterocycles. The maximum Gasteiger partial charge on any atom is 0.229 e. The van der Waals surface area contributed by atoms with Gasteiger partial charge in [0.1, 0.15) is 17.5 Å². The highest BCUT2D eigenvalue weighted by atomic mass is 19.1. The fraction of sp³-hybridized carbons (Fsp3) is 0.190. The number of aromatic nitrogens is 2. The third-order valence-corrected chi connectivity index (χ3v) is 4.65. The van der Waals surface area contributed by atoms with Crippen molar-refractivity contribution in [2.24, 2.45) is 5.92 Å². The average Bonchev–Trinajstić information content (AvgIpc) is 3.25. The fourth-order valence-electron chi connectivity index (χ4n) is 3.14. The van der Waals surface area contributed by atoms with Gasteiger partial charge in [0, 0.05) is 24.6 Å². The Balaban J connectivity index is 1.50. The number of nitrogens with zero attached hydrogens (tertiary/aromatic N) is 2. The molecule has 7 heteroatoms. The Kier molecular flexibility index (Phi) is 5.25. The molecule has 28 heavy (non-hydrogen) atoms. The summed E-state index contributed by atoms with van der Waals surface area (Å²) in [6.07, 6.45) is 4.21. The Morgan fingerprint density at radius 1 is 1.00 bits per heavy atom. The van der Waals surface area contributed by atoms with Gasteiger partial charge in [-0.25, -0.2) is 14.4 Å². The fourth-order valence-corrected chi connectivity index (χ4v) is 3.14. The minimum Gasteiger partial charge on any atom is -0.340 e. The summed E-state index contributed by atoms with van der Waals surface area (Å²) in [5.41, 5.74) is 2.60. The monoisotopic (exact) mass is 377 g/mol. The maximum absolute atomic E-state index is 13.1. The second kappa shape index (κ2) is 8.14. The van der Waals surface area contributed by atoms with E-state index in [2.05, 4.69) is 25.9 Å². The van der Waals surface area contributed by atoms with Gasteiger partial charge in [-0.3, -0.25) is 4.79 Å². The predicted octanol–water partition coefficient (Wildman–Crippen LogP) is 3.57. The first-order valence-corrected chi connectivity index (χ1v) is 9.14. The highest BCUT2D eigenvalue weighted by Gasteiger charge is 2.22. The summed E-state index contributed by atoms with van der Waals surface area (Å²) < 4.78 is 13.1. The lowest BCUT2D eigenvalue weighted by Crippen LogP contribution is -2.25. The first-order valence-electron chi connectivity index (χ1n) is 9.14. The molecule has 0 bridgehead atoms. The first kappa shape index (κ1) is 18.1. The number of amides is 1. The third-order valence-electron chi connectivity index (χ3n) is 4.65. The van der Waals surface area contributed by atoms with Crippen LogP contribution in [0.15, 0.2) is 60.9 Å². The largest absolute Gasteiger partial charge is 0.340 e. The van der Waals surface area contributed by atoms with Gasteiger partial charge in [-0.15, -0.1) is 0 Å². The van der Waals surface area contributed by atoms with Crippen LogP contribution in [0.5, 0.6) is 0 Å². The van der Waals surface area contributed by atoms with Crippen LogP contribution in [0.2, 0.25) is 0 Å². The number of hydrogen-bond acceptors (Lipinski definition) is 5. The number of halogens is 1. The number of carbonyl (C=O) groups excluding carboxylic acids is 1. The number of pyridine rings is 2. The zero-order valence-electron chi connectivity index (χ0n) is 15.2. The van der Waals surface area contributed by atoms with Crippen LogP contribution in [0.4, 0.5) is 21.7 Å². The number of hydrogen-bond donors (Lipinski definition) is 3. The lowest BCUT2D eigenvalue weighted by molar-refractivity contribution is -0.119. The van der Waals surface area contributed by atoms with Gasteiger partial charge in [0.05, 0.1) is 5.92 Å². The molecule has 2 aromatic heterocycles. The van der Waals surface area contributed by atoms with E-state index >= 15 is 0 Å². The summed E-state index contributed by atoms with van der Waals surface area (Å²) in [6.45, 7) is 1.57.